The van der Waals surface area contributed by atoms with Crippen LogP contribution in [0, 0.1) is 41.0 Å². The maximum atomic E-state index is 15.2. The molecule has 0 spiro atoms. The van der Waals surface area contributed by atoms with E-state index in [-0.39, 0.29) is 29.4 Å². The Labute approximate surface area is 188 Å². The highest BCUT2D eigenvalue weighted by molar-refractivity contribution is 5.67. The van der Waals surface area contributed by atoms with Gasteiger partial charge < -0.3 is 4.74 Å². The van der Waals surface area contributed by atoms with E-state index in [1.807, 2.05) is 0 Å². The predicted octanol–water partition coefficient (Wildman–Crippen LogP) is 8.41. The van der Waals surface area contributed by atoms with Crippen molar-refractivity contribution in [1.29, 1.82) is 0 Å². The van der Waals surface area contributed by atoms with Crippen molar-refractivity contribution in [2.24, 2.45) is 17.8 Å². The smallest absolute Gasteiger partial charge is 0.201 e. The summed E-state index contributed by atoms with van der Waals surface area (Å²) in [5.41, 5.74) is -0.168. The van der Waals surface area contributed by atoms with Gasteiger partial charge in [0.1, 0.15) is 0 Å². The second-order valence-corrected chi connectivity index (χ2v) is 9.35. The van der Waals surface area contributed by atoms with Gasteiger partial charge in [0.25, 0.3) is 0 Å². The fourth-order valence-electron chi connectivity index (χ4n) is 6.19. The normalized spacial score (nSPS) is 24.7. The van der Waals surface area contributed by atoms with E-state index in [9.17, 15) is 8.78 Å². The van der Waals surface area contributed by atoms with Gasteiger partial charge in [0.2, 0.25) is 5.82 Å². The van der Waals surface area contributed by atoms with Crippen LogP contribution in [0.1, 0.15) is 76.7 Å². The average Bonchev–Trinajstić information content (AvgIpc) is 3.37. The maximum absolute atomic E-state index is 15.2. The molecule has 4 unspecified atom stereocenters. The molecule has 2 saturated carbocycles. The molecule has 0 N–H and O–H groups in total. The van der Waals surface area contributed by atoms with Gasteiger partial charge in [0, 0.05) is 11.1 Å². The molecule has 0 saturated heterocycles. The molecular weight excluding hydrogens is 416 g/mol. The van der Waals surface area contributed by atoms with Crippen LogP contribution in [0.2, 0.25) is 0 Å². The topological polar surface area (TPSA) is 9.23 Å². The number of hydrogen-bond donors (Lipinski definition) is 0. The van der Waals surface area contributed by atoms with Crippen molar-refractivity contribution in [3.05, 3.63) is 53.1 Å². The quantitative estimate of drug-likeness (QED) is 0.291. The lowest BCUT2D eigenvalue weighted by molar-refractivity contribution is 0.314. The van der Waals surface area contributed by atoms with Crippen LogP contribution in [0.15, 0.2) is 24.3 Å². The van der Waals surface area contributed by atoms with Crippen LogP contribution in [-0.4, -0.2) is 6.61 Å². The number of halogens is 4. The lowest BCUT2D eigenvalue weighted by atomic mass is 9.83. The van der Waals surface area contributed by atoms with E-state index in [1.165, 1.54) is 50.3 Å². The first-order valence-electron chi connectivity index (χ1n) is 12.1. The Morgan fingerprint density at radius 1 is 0.750 bits per heavy atom. The number of benzene rings is 2. The molecule has 0 heterocycles. The Morgan fingerprint density at radius 3 is 2.16 bits per heavy atom. The van der Waals surface area contributed by atoms with Gasteiger partial charge in [-0.15, -0.1) is 0 Å². The summed E-state index contributed by atoms with van der Waals surface area (Å²) in [5, 5.41) is 0. The Morgan fingerprint density at radius 2 is 1.44 bits per heavy atom. The minimum absolute atomic E-state index is 0.00152. The van der Waals surface area contributed by atoms with Crippen LogP contribution >= 0.6 is 0 Å². The summed E-state index contributed by atoms with van der Waals surface area (Å²) in [6, 6.07) is 5.47. The Balaban J connectivity index is 1.58. The zero-order chi connectivity index (χ0) is 22.8. The number of fused-ring (bicyclic) bond motifs is 1. The molecule has 32 heavy (non-hydrogen) atoms. The molecule has 0 amide bonds. The van der Waals surface area contributed by atoms with Crippen molar-refractivity contribution in [3.63, 3.8) is 0 Å². The summed E-state index contributed by atoms with van der Waals surface area (Å²) in [5.74, 6) is -3.00. The lowest BCUT2D eigenvalue weighted by Gasteiger charge is -2.22. The van der Waals surface area contributed by atoms with E-state index in [4.69, 9.17) is 4.74 Å². The first kappa shape index (κ1) is 23.1. The molecule has 0 radical (unpaired) electrons. The van der Waals surface area contributed by atoms with Crippen LogP contribution in [0.5, 0.6) is 5.75 Å². The van der Waals surface area contributed by atoms with E-state index >= 15 is 8.78 Å². The van der Waals surface area contributed by atoms with Crippen LogP contribution in [0.25, 0.3) is 11.1 Å². The number of ether oxygens (including phenoxy) is 1. The van der Waals surface area contributed by atoms with Gasteiger partial charge >= 0.3 is 0 Å². The van der Waals surface area contributed by atoms with Gasteiger partial charge in [-0.05, 0) is 74.0 Å². The van der Waals surface area contributed by atoms with Gasteiger partial charge in [0.05, 0.1) is 6.61 Å². The third-order valence-corrected chi connectivity index (χ3v) is 7.68. The van der Waals surface area contributed by atoms with Crippen LogP contribution in [0.3, 0.4) is 0 Å². The summed E-state index contributed by atoms with van der Waals surface area (Å²) in [4.78, 5) is 0. The van der Waals surface area contributed by atoms with Gasteiger partial charge in [0.15, 0.2) is 23.2 Å². The molecule has 2 fully saturated rings. The molecule has 1 nitrogen and oxygen atoms in total. The Kier molecular flexibility index (Phi) is 7.11. The lowest BCUT2D eigenvalue weighted by Crippen LogP contribution is -2.14. The summed E-state index contributed by atoms with van der Waals surface area (Å²) >= 11 is 0. The molecule has 0 aromatic heterocycles. The highest BCUT2D eigenvalue weighted by Gasteiger charge is 2.45. The monoisotopic (exact) mass is 448 g/mol. The van der Waals surface area contributed by atoms with Crippen molar-refractivity contribution in [2.45, 2.75) is 71.1 Å². The highest BCUT2D eigenvalue weighted by atomic mass is 19.2. The third-order valence-electron chi connectivity index (χ3n) is 7.68. The summed E-state index contributed by atoms with van der Waals surface area (Å²) in [7, 11) is 0. The molecular formula is C27H32F4O. The van der Waals surface area contributed by atoms with Crippen LogP contribution in [0.4, 0.5) is 17.6 Å². The van der Waals surface area contributed by atoms with Gasteiger partial charge in [-0.3, -0.25) is 0 Å². The molecule has 2 aliphatic rings. The first-order valence-corrected chi connectivity index (χ1v) is 12.1. The molecule has 2 aromatic carbocycles. The molecule has 0 aliphatic heterocycles. The SMILES string of the molecule is CCCCCC1CCC2C(c3ccc(-c4ccc(OCC)c(F)c4F)c(F)c3F)CCC12. The Bertz CT molecular complexity index is 957. The minimum atomic E-state index is -1.23. The molecule has 4 rings (SSSR count). The van der Waals surface area contributed by atoms with E-state index < -0.39 is 23.3 Å². The van der Waals surface area contributed by atoms with Crippen LogP contribution in [-0.2, 0) is 0 Å². The second kappa shape index (κ2) is 9.84. The highest BCUT2D eigenvalue weighted by Crippen LogP contribution is 2.56. The van der Waals surface area contributed by atoms with Crippen molar-refractivity contribution in [2.75, 3.05) is 6.61 Å². The molecule has 4 atom stereocenters. The average molecular weight is 449 g/mol. The van der Waals surface area contributed by atoms with Crippen molar-refractivity contribution in [3.8, 4) is 16.9 Å². The second-order valence-electron chi connectivity index (χ2n) is 9.35. The largest absolute Gasteiger partial charge is 0.491 e. The molecule has 0 bridgehead atoms. The molecule has 2 aliphatic carbocycles. The van der Waals surface area contributed by atoms with E-state index in [1.54, 1.807) is 13.0 Å². The number of hydrogen-bond acceptors (Lipinski definition) is 1. The standard InChI is InChI=1S/C27H32F4O/c1-3-5-6-7-16-8-9-18-17(16)10-11-19(18)20-12-13-21(25(29)24(20)28)22-14-15-23(32-4-2)27(31)26(22)30/h12-19H,3-11H2,1-2H3. The van der Waals surface area contributed by atoms with Crippen molar-refractivity contribution >= 4 is 0 Å². The van der Waals surface area contributed by atoms with E-state index in [2.05, 4.69) is 6.92 Å². The van der Waals surface area contributed by atoms with Gasteiger partial charge in [-0.2, -0.15) is 4.39 Å². The number of rotatable bonds is 8. The fraction of sp³-hybridized carbons (Fsp3) is 0.556. The predicted molar refractivity (Wildman–Crippen MR) is 119 cm³/mol. The van der Waals surface area contributed by atoms with Crippen LogP contribution < -0.4 is 4.74 Å². The van der Waals surface area contributed by atoms with Gasteiger partial charge in [-0.25, -0.2) is 13.2 Å². The molecule has 174 valence electrons. The molecule has 2 aromatic rings. The van der Waals surface area contributed by atoms with Crippen molar-refractivity contribution in [1.82, 2.24) is 0 Å². The third kappa shape index (κ3) is 4.15. The van der Waals surface area contributed by atoms with Crippen molar-refractivity contribution < 1.29 is 22.3 Å². The Hall–Kier alpha value is -2.04. The summed E-state index contributed by atoms with van der Waals surface area (Å²) < 4.78 is 64.2. The van der Waals surface area contributed by atoms with E-state index in [0.717, 1.165) is 19.3 Å². The zero-order valence-electron chi connectivity index (χ0n) is 18.9. The van der Waals surface area contributed by atoms with E-state index in [0.29, 0.717) is 23.3 Å². The first-order chi connectivity index (χ1) is 15.5. The molecule has 5 heteroatoms. The maximum Gasteiger partial charge on any atom is 0.201 e. The van der Waals surface area contributed by atoms with Gasteiger partial charge in [-0.1, -0.05) is 44.7 Å². The minimum Gasteiger partial charge on any atom is -0.491 e. The summed E-state index contributed by atoms with van der Waals surface area (Å²) in [6.45, 7) is 4.04. The zero-order valence-corrected chi connectivity index (χ0v) is 18.9. The number of unbranched alkanes of at least 4 members (excludes halogenated alkanes) is 2. The fourth-order valence-corrected chi connectivity index (χ4v) is 6.19. The summed E-state index contributed by atoms with van der Waals surface area (Å²) in [6.07, 6.45) is 9.11.